The minimum Gasteiger partial charge on any atom is -0.331 e. The van der Waals surface area contributed by atoms with Gasteiger partial charge >= 0.3 is 7.37 Å². The van der Waals surface area contributed by atoms with Crippen LogP contribution in [0.2, 0.25) is 10.0 Å². The maximum absolute atomic E-state index is 11.3. The highest BCUT2D eigenvalue weighted by Crippen LogP contribution is 2.42. The SMILES string of the molecule is N#CP(=O)(O)c1c(Cl)cccc1Cl. The predicted molar refractivity (Wildman–Crippen MR) is 51.5 cm³/mol. The van der Waals surface area contributed by atoms with Crippen molar-refractivity contribution < 1.29 is 9.46 Å². The fourth-order valence-electron chi connectivity index (χ4n) is 0.829. The van der Waals surface area contributed by atoms with Crippen LogP contribution in [0.3, 0.4) is 0 Å². The molecule has 13 heavy (non-hydrogen) atoms. The summed E-state index contributed by atoms with van der Waals surface area (Å²) in [6.07, 6.45) is 0. The Balaban J connectivity index is 3.48. The number of hydrogen-bond acceptors (Lipinski definition) is 2. The average Bonchev–Trinajstić information content (AvgIpc) is 2.03. The molecule has 3 nitrogen and oxygen atoms in total. The number of halogens is 2. The summed E-state index contributed by atoms with van der Waals surface area (Å²) < 4.78 is 11.3. The Morgan fingerprint density at radius 1 is 1.38 bits per heavy atom. The zero-order valence-corrected chi connectivity index (χ0v) is 8.64. The van der Waals surface area contributed by atoms with Gasteiger partial charge in [0.2, 0.25) is 0 Å². The first-order valence-electron chi connectivity index (χ1n) is 3.18. The van der Waals surface area contributed by atoms with Gasteiger partial charge in [0.1, 0.15) is 0 Å². The van der Waals surface area contributed by atoms with E-state index in [1.54, 1.807) is 0 Å². The van der Waals surface area contributed by atoms with Crippen LogP contribution >= 0.6 is 30.6 Å². The van der Waals surface area contributed by atoms with Gasteiger partial charge in [0, 0.05) is 0 Å². The third-order valence-electron chi connectivity index (χ3n) is 1.38. The molecule has 0 amide bonds. The highest BCUT2D eigenvalue weighted by atomic mass is 35.5. The summed E-state index contributed by atoms with van der Waals surface area (Å²) >= 11 is 11.3. The van der Waals surface area contributed by atoms with Crippen molar-refractivity contribution in [2.45, 2.75) is 0 Å². The Bertz CT molecular complexity index is 407. The van der Waals surface area contributed by atoms with Crippen molar-refractivity contribution in [2.24, 2.45) is 0 Å². The van der Waals surface area contributed by atoms with E-state index in [-0.39, 0.29) is 15.3 Å². The van der Waals surface area contributed by atoms with Crippen LogP contribution < -0.4 is 5.30 Å². The molecule has 0 spiro atoms. The summed E-state index contributed by atoms with van der Waals surface area (Å²) in [5.74, 6) is 1.28. The fourth-order valence-corrected chi connectivity index (χ4v) is 2.74. The molecule has 0 saturated carbocycles. The maximum Gasteiger partial charge on any atom is 0.329 e. The van der Waals surface area contributed by atoms with E-state index < -0.39 is 7.37 Å². The minimum atomic E-state index is -4.06. The molecule has 0 aliphatic heterocycles. The van der Waals surface area contributed by atoms with Crippen LogP contribution in [0, 0.1) is 11.1 Å². The van der Waals surface area contributed by atoms with Gasteiger partial charge in [-0.1, -0.05) is 29.3 Å². The van der Waals surface area contributed by atoms with Crippen LogP contribution in [0.1, 0.15) is 0 Å². The van der Waals surface area contributed by atoms with Crippen LogP contribution in [0.4, 0.5) is 0 Å². The summed E-state index contributed by atoms with van der Waals surface area (Å²) in [4.78, 5) is 9.18. The van der Waals surface area contributed by atoms with E-state index in [1.165, 1.54) is 24.0 Å². The molecule has 0 aliphatic carbocycles. The van der Waals surface area contributed by atoms with Gasteiger partial charge in [-0.2, -0.15) is 5.26 Å². The third-order valence-corrected chi connectivity index (χ3v) is 3.63. The Morgan fingerprint density at radius 3 is 2.23 bits per heavy atom. The van der Waals surface area contributed by atoms with Gasteiger partial charge in [-0.05, 0) is 12.1 Å². The molecule has 0 fully saturated rings. The van der Waals surface area contributed by atoms with Gasteiger partial charge in [-0.3, -0.25) is 4.57 Å². The second-order valence-corrected chi connectivity index (χ2v) is 4.86. The van der Waals surface area contributed by atoms with Gasteiger partial charge in [-0.25, -0.2) is 0 Å². The smallest absolute Gasteiger partial charge is 0.329 e. The first kappa shape index (κ1) is 10.6. The van der Waals surface area contributed by atoms with Crippen LogP contribution in [0.25, 0.3) is 0 Å². The van der Waals surface area contributed by atoms with Crippen LogP contribution in [-0.2, 0) is 4.57 Å². The van der Waals surface area contributed by atoms with Crippen LogP contribution in [0.5, 0.6) is 0 Å². The molecule has 68 valence electrons. The van der Waals surface area contributed by atoms with E-state index in [9.17, 15) is 9.46 Å². The lowest BCUT2D eigenvalue weighted by atomic mass is 10.4. The molecule has 1 N–H and O–H groups in total. The highest BCUT2D eigenvalue weighted by Gasteiger charge is 2.26. The summed E-state index contributed by atoms with van der Waals surface area (Å²) in [6, 6.07) is 4.34. The third kappa shape index (κ3) is 2.04. The molecule has 0 heterocycles. The lowest BCUT2D eigenvalue weighted by Crippen LogP contribution is -2.06. The predicted octanol–water partition coefficient (Wildman–Crippen LogP) is 2.37. The second-order valence-electron chi connectivity index (χ2n) is 2.25. The van der Waals surface area contributed by atoms with Crippen molar-refractivity contribution in [1.82, 2.24) is 0 Å². The number of benzene rings is 1. The topological polar surface area (TPSA) is 61.1 Å². The second kappa shape index (κ2) is 3.69. The van der Waals surface area contributed by atoms with E-state index in [2.05, 4.69) is 0 Å². The van der Waals surface area contributed by atoms with E-state index in [0.717, 1.165) is 0 Å². The number of hydrogen-bond donors (Lipinski definition) is 1. The van der Waals surface area contributed by atoms with Gasteiger partial charge in [0.15, 0.2) is 5.81 Å². The number of nitriles is 1. The Morgan fingerprint density at radius 2 is 1.85 bits per heavy atom. The molecule has 6 heteroatoms. The molecule has 0 aromatic heterocycles. The Labute approximate surface area is 85.0 Å². The molecule has 0 bridgehead atoms. The number of nitrogens with zero attached hydrogens (tertiary/aromatic N) is 1. The highest BCUT2D eigenvalue weighted by molar-refractivity contribution is 7.71. The van der Waals surface area contributed by atoms with Crippen molar-refractivity contribution in [3.8, 4) is 5.81 Å². The van der Waals surface area contributed by atoms with E-state index in [1.807, 2.05) is 0 Å². The lowest BCUT2D eigenvalue weighted by Gasteiger charge is -2.06. The molecule has 0 radical (unpaired) electrons. The summed E-state index contributed by atoms with van der Waals surface area (Å²) in [7, 11) is -4.06. The van der Waals surface area contributed by atoms with Crippen molar-refractivity contribution in [2.75, 3.05) is 0 Å². The summed E-state index contributed by atoms with van der Waals surface area (Å²) in [5, 5.41) is 8.28. The lowest BCUT2D eigenvalue weighted by molar-refractivity contribution is 0.501. The van der Waals surface area contributed by atoms with Gasteiger partial charge in [0.25, 0.3) is 0 Å². The van der Waals surface area contributed by atoms with Crippen molar-refractivity contribution >= 4 is 35.9 Å². The zero-order valence-electron chi connectivity index (χ0n) is 6.24. The largest absolute Gasteiger partial charge is 0.331 e. The molecule has 1 aromatic rings. The van der Waals surface area contributed by atoms with Crippen molar-refractivity contribution in [1.29, 1.82) is 5.26 Å². The Kier molecular flexibility index (Phi) is 3.00. The molecular weight excluding hydrogens is 232 g/mol. The standard InChI is InChI=1S/C7H4Cl2NO2P/c8-5-2-1-3-6(9)7(5)13(11,12)4-10/h1-3H,(H,11,12). The molecular formula is C7H4Cl2NO2P. The van der Waals surface area contributed by atoms with Gasteiger partial charge in [0.05, 0.1) is 15.3 Å². The van der Waals surface area contributed by atoms with Crippen LogP contribution in [0.15, 0.2) is 18.2 Å². The first-order valence-corrected chi connectivity index (χ1v) is 5.59. The quantitative estimate of drug-likeness (QED) is 0.761. The molecule has 1 rings (SSSR count). The zero-order chi connectivity index (χ0) is 10.1. The van der Waals surface area contributed by atoms with E-state index in [4.69, 9.17) is 28.5 Å². The summed E-state index contributed by atoms with van der Waals surface area (Å²) in [6.45, 7) is 0. The molecule has 1 unspecified atom stereocenters. The molecule has 0 aliphatic rings. The van der Waals surface area contributed by atoms with Crippen LogP contribution in [-0.4, -0.2) is 4.89 Å². The average molecular weight is 236 g/mol. The molecule has 1 aromatic carbocycles. The van der Waals surface area contributed by atoms with Crippen molar-refractivity contribution in [3.05, 3.63) is 28.2 Å². The van der Waals surface area contributed by atoms with E-state index >= 15 is 0 Å². The monoisotopic (exact) mass is 235 g/mol. The van der Waals surface area contributed by atoms with Crippen molar-refractivity contribution in [3.63, 3.8) is 0 Å². The molecule has 1 atom stereocenters. The van der Waals surface area contributed by atoms with Gasteiger partial charge in [-0.15, -0.1) is 0 Å². The molecule has 0 saturated heterocycles. The number of rotatable bonds is 1. The maximum atomic E-state index is 11.3. The first-order chi connectivity index (χ1) is 5.99. The normalized spacial score (nSPS) is 14.6. The fraction of sp³-hybridized carbons (Fsp3) is 0. The minimum absolute atomic E-state index is 0.0277. The van der Waals surface area contributed by atoms with E-state index in [0.29, 0.717) is 0 Å². The summed E-state index contributed by atoms with van der Waals surface area (Å²) in [5.41, 5.74) is 0. The van der Waals surface area contributed by atoms with Gasteiger partial charge < -0.3 is 4.89 Å². The Hall–Kier alpha value is -0.520.